The molecule has 0 saturated heterocycles. The van der Waals surface area contributed by atoms with Crippen molar-refractivity contribution < 1.29 is 23.8 Å². The first-order valence-electron chi connectivity index (χ1n) is 10.7. The molecular formula is C25H21FN4O4. The summed E-state index contributed by atoms with van der Waals surface area (Å²) in [6, 6.07) is 16.2. The number of aliphatic hydroxyl groups is 1. The van der Waals surface area contributed by atoms with Crippen molar-refractivity contribution in [1.82, 2.24) is 15.3 Å². The van der Waals surface area contributed by atoms with Crippen molar-refractivity contribution in [3.05, 3.63) is 88.7 Å². The zero-order chi connectivity index (χ0) is 24.0. The molecule has 0 aliphatic carbocycles. The number of benzene rings is 3. The van der Waals surface area contributed by atoms with E-state index in [0.29, 0.717) is 34.1 Å². The van der Waals surface area contributed by atoms with Crippen molar-refractivity contribution in [3.8, 4) is 6.01 Å². The number of hydrogen-bond acceptors (Lipinski definition) is 5. The quantitative estimate of drug-likeness (QED) is 0.429. The predicted octanol–water partition coefficient (Wildman–Crippen LogP) is 3.84. The second kappa shape index (κ2) is 7.96. The average Bonchev–Trinajstić information content (AvgIpc) is 3.35. The number of nitrogens with zero attached hydrogens (tertiary/aromatic N) is 2. The molecule has 34 heavy (non-hydrogen) atoms. The summed E-state index contributed by atoms with van der Waals surface area (Å²) in [5, 5.41) is 14.5. The van der Waals surface area contributed by atoms with Crippen LogP contribution < -0.4 is 15.0 Å². The molecule has 4 aromatic rings. The fourth-order valence-corrected chi connectivity index (χ4v) is 4.33. The topological polar surface area (TPSA) is 108 Å². The lowest BCUT2D eigenvalue weighted by Crippen LogP contribution is -2.45. The maximum Gasteiger partial charge on any atom is 0.414 e. The van der Waals surface area contributed by atoms with E-state index in [4.69, 9.17) is 4.74 Å². The number of halogens is 1. The zero-order valence-electron chi connectivity index (χ0n) is 18.4. The Labute approximate surface area is 194 Å². The van der Waals surface area contributed by atoms with Crippen LogP contribution >= 0.6 is 0 Å². The van der Waals surface area contributed by atoms with Crippen LogP contribution in [0, 0.1) is 5.82 Å². The van der Waals surface area contributed by atoms with E-state index in [2.05, 4.69) is 15.3 Å². The molecule has 0 saturated carbocycles. The van der Waals surface area contributed by atoms with Gasteiger partial charge in [-0.25, -0.2) is 9.18 Å². The minimum atomic E-state index is -1.98. The van der Waals surface area contributed by atoms with Gasteiger partial charge in [0.15, 0.2) is 5.72 Å². The van der Waals surface area contributed by atoms with E-state index in [1.54, 1.807) is 54.6 Å². The van der Waals surface area contributed by atoms with Crippen LogP contribution in [0.2, 0.25) is 0 Å². The molecule has 0 fully saturated rings. The standard InChI is InChI=1S/C25H21FN4O4/c1-3-14-7-6-10-20(21(14)26)30-22(31)16-8-4-5-9-17(16)25(30,33)15-11-12-18-19(13-15)29-23(28-18)34-24(32)27-2/h4-13,33H,3H2,1-2H3,(H,27,32)(H,28,29). The molecule has 8 nitrogen and oxygen atoms in total. The van der Waals surface area contributed by atoms with Crippen LogP contribution in [0.25, 0.3) is 11.0 Å². The lowest BCUT2D eigenvalue weighted by molar-refractivity contribution is 0.0699. The van der Waals surface area contributed by atoms with Gasteiger partial charge in [0, 0.05) is 23.7 Å². The number of aromatic amines is 1. The number of imidazole rings is 1. The van der Waals surface area contributed by atoms with Gasteiger partial charge in [0.2, 0.25) is 0 Å². The molecule has 0 bridgehead atoms. The van der Waals surface area contributed by atoms with E-state index in [1.807, 2.05) is 6.92 Å². The monoisotopic (exact) mass is 460 g/mol. The van der Waals surface area contributed by atoms with Gasteiger partial charge in [-0.2, -0.15) is 4.98 Å². The smallest absolute Gasteiger partial charge is 0.375 e. The van der Waals surface area contributed by atoms with Gasteiger partial charge in [-0.1, -0.05) is 43.3 Å². The molecular weight excluding hydrogens is 439 g/mol. The Morgan fingerprint density at radius 1 is 1.21 bits per heavy atom. The van der Waals surface area contributed by atoms with Gasteiger partial charge in [0.05, 0.1) is 16.7 Å². The summed E-state index contributed by atoms with van der Waals surface area (Å²) in [6.45, 7) is 1.82. The number of H-pyrrole nitrogens is 1. The SMILES string of the molecule is CCc1cccc(N2C(=O)c3ccccc3C2(O)c2ccc3nc(OC(=O)NC)[nH]c3c2)c1F. The Balaban J connectivity index is 1.70. The van der Waals surface area contributed by atoms with Crippen LogP contribution in [-0.2, 0) is 12.1 Å². The molecule has 2 amide bonds. The molecule has 5 rings (SSSR count). The summed E-state index contributed by atoms with van der Waals surface area (Å²) < 4.78 is 20.5. The molecule has 1 atom stereocenters. The Bertz CT molecular complexity index is 1450. The highest BCUT2D eigenvalue weighted by Crippen LogP contribution is 2.46. The lowest BCUT2D eigenvalue weighted by atomic mass is 9.93. The van der Waals surface area contributed by atoms with E-state index in [1.165, 1.54) is 13.1 Å². The van der Waals surface area contributed by atoms with Crippen LogP contribution in [0.5, 0.6) is 6.01 Å². The minimum absolute atomic E-state index is 0.0172. The lowest BCUT2D eigenvalue weighted by Gasteiger charge is -2.35. The number of aryl methyl sites for hydroxylation is 1. The third-order valence-electron chi connectivity index (χ3n) is 6.00. The van der Waals surface area contributed by atoms with Crippen molar-refractivity contribution in [1.29, 1.82) is 0 Å². The third kappa shape index (κ3) is 3.12. The maximum absolute atomic E-state index is 15.4. The van der Waals surface area contributed by atoms with Crippen LogP contribution in [0.1, 0.15) is 34.0 Å². The second-order valence-electron chi connectivity index (χ2n) is 7.88. The summed E-state index contributed by atoms with van der Waals surface area (Å²) in [6.07, 6.45) is -0.257. The molecule has 1 aromatic heterocycles. The summed E-state index contributed by atoms with van der Waals surface area (Å²) >= 11 is 0. The van der Waals surface area contributed by atoms with Gasteiger partial charge in [-0.15, -0.1) is 0 Å². The largest absolute Gasteiger partial charge is 0.414 e. The molecule has 0 radical (unpaired) electrons. The molecule has 2 heterocycles. The van der Waals surface area contributed by atoms with E-state index < -0.39 is 23.5 Å². The molecule has 1 aliphatic heterocycles. The van der Waals surface area contributed by atoms with Crippen LogP contribution in [0.4, 0.5) is 14.9 Å². The normalized spacial score (nSPS) is 17.2. The van der Waals surface area contributed by atoms with E-state index in [0.717, 1.165) is 4.90 Å². The Morgan fingerprint density at radius 2 is 2.00 bits per heavy atom. The molecule has 3 N–H and O–H groups in total. The third-order valence-corrected chi connectivity index (χ3v) is 6.00. The van der Waals surface area contributed by atoms with Gasteiger partial charge in [-0.05, 0) is 36.2 Å². The van der Waals surface area contributed by atoms with E-state index in [-0.39, 0.29) is 17.3 Å². The highest BCUT2D eigenvalue weighted by molar-refractivity contribution is 6.12. The number of carbonyl (C=O) groups excluding carboxylic acids is 2. The number of rotatable bonds is 4. The van der Waals surface area contributed by atoms with Gasteiger partial charge >= 0.3 is 12.1 Å². The van der Waals surface area contributed by atoms with Crippen molar-refractivity contribution in [2.75, 3.05) is 11.9 Å². The van der Waals surface area contributed by atoms with Crippen LogP contribution in [-0.4, -0.2) is 34.1 Å². The number of amides is 2. The van der Waals surface area contributed by atoms with Crippen LogP contribution in [0.15, 0.2) is 60.7 Å². The summed E-state index contributed by atoms with van der Waals surface area (Å²) in [7, 11) is 1.43. The highest BCUT2D eigenvalue weighted by Gasteiger charge is 2.51. The Kier molecular flexibility index (Phi) is 5.06. The predicted molar refractivity (Wildman–Crippen MR) is 123 cm³/mol. The highest BCUT2D eigenvalue weighted by atomic mass is 19.1. The van der Waals surface area contributed by atoms with Gasteiger partial charge in [0.1, 0.15) is 5.82 Å². The number of fused-ring (bicyclic) bond motifs is 2. The molecule has 0 spiro atoms. The van der Waals surface area contributed by atoms with Crippen molar-refractivity contribution in [2.24, 2.45) is 0 Å². The number of anilines is 1. The van der Waals surface area contributed by atoms with Crippen LogP contribution in [0.3, 0.4) is 0 Å². The van der Waals surface area contributed by atoms with Crippen molar-refractivity contribution in [2.45, 2.75) is 19.1 Å². The Morgan fingerprint density at radius 3 is 2.76 bits per heavy atom. The van der Waals surface area contributed by atoms with Crippen molar-refractivity contribution >= 4 is 28.7 Å². The number of aromatic nitrogens is 2. The maximum atomic E-state index is 15.4. The molecule has 3 aromatic carbocycles. The zero-order valence-corrected chi connectivity index (χ0v) is 18.4. The number of carbonyl (C=O) groups is 2. The van der Waals surface area contributed by atoms with E-state index >= 15 is 4.39 Å². The first-order valence-corrected chi connectivity index (χ1v) is 10.7. The molecule has 172 valence electrons. The second-order valence-corrected chi connectivity index (χ2v) is 7.88. The fraction of sp³-hybridized carbons (Fsp3) is 0.160. The molecule has 9 heteroatoms. The molecule has 1 aliphatic rings. The molecule has 1 unspecified atom stereocenters. The van der Waals surface area contributed by atoms with E-state index in [9.17, 15) is 14.7 Å². The average molecular weight is 460 g/mol. The van der Waals surface area contributed by atoms with Gasteiger partial charge < -0.3 is 20.1 Å². The van der Waals surface area contributed by atoms with Gasteiger partial charge in [0.25, 0.3) is 5.91 Å². The summed E-state index contributed by atoms with van der Waals surface area (Å²) in [5.41, 5.74) is 0.303. The summed E-state index contributed by atoms with van der Waals surface area (Å²) in [4.78, 5) is 33.2. The van der Waals surface area contributed by atoms with Gasteiger partial charge in [-0.3, -0.25) is 9.69 Å². The number of hydrogen-bond donors (Lipinski definition) is 3. The summed E-state index contributed by atoms with van der Waals surface area (Å²) in [5.74, 6) is -1.08. The van der Waals surface area contributed by atoms with Crippen molar-refractivity contribution in [3.63, 3.8) is 0 Å². The Hall–Kier alpha value is -4.24. The first-order chi connectivity index (χ1) is 16.4. The first kappa shape index (κ1) is 21.6. The fourth-order valence-electron chi connectivity index (χ4n) is 4.33. The number of ether oxygens (including phenoxy) is 1. The number of nitrogens with one attached hydrogen (secondary N) is 2. The minimum Gasteiger partial charge on any atom is -0.375 e.